The third kappa shape index (κ3) is 8.79. The molecule has 0 aliphatic carbocycles. The minimum Gasteiger partial charge on any atom is -0.508 e. The molecule has 0 aromatic rings. The number of nitrogens with one attached hydrogen (secondary N) is 1. The van der Waals surface area contributed by atoms with Crippen LogP contribution < -0.4 is 5.43 Å². The molecule has 1 aliphatic heterocycles. The van der Waals surface area contributed by atoms with Crippen molar-refractivity contribution >= 4 is 12.1 Å². The van der Waals surface area contributed by atoms with Crippen molar-refractivity contribution in [1.82, 2.24) is 15.2 Å². The largest absolute Gasteiger partial charge is 0.508 e. The van der Waals surface area contributed by atoms with Gasteiger partial charge in [0, 0.05) is 38.3 Å². The molecule has 2 N–H and O–H groups in total. The Balaban J connectivity index is 2.42. The molecule has 0 saturated carbocycles. The first kappa shape index (κ1) is 23.3. The highest BCUT2D eigenvalue weighted by atomic mass is 16.3. The third-order valence-corrected chi connectivity index (χ3v) is 4.29. The number of amides is 1. The Morgan fingerprint density at radius 1 is 1.07 bits per heavy atom. The van der Waals surface area contributed by atoms with Gasteiger partial charge in [-0.25, -0.2) is 5.43 Å². The van der Waals surface area contributed by atoms with E-state index in [1.807, 2.05) is 18.2 Å². The van der Waals surface area contributed by atoms with Crippen molar-refractivity contribution in [2.24, 2.45) is 5.10 Å². The van der Waals surface area contributed by atoms with E-state index in [4.69, 9.17) is 0 Å². The number of piperazine rings is 1. The second-order valence-electron chi connectivity index (χ2n) is 6.34. The topological polar surface area (TPSA) is 68.2 Å². The lowest BCUT2D eigenvalue weighted by Gasteiger charge is -2.34. The van der Waals surface area contributed by atoms with Crippen molar-refractivity contribution < 1.29 is 9.90 Å². The summed E-state index contributed by atoms with van der Waals surface area (Å²) in [4.78, 5) is 16.5. The summed E-state index contributed by atoms with van der Waals surface area (Å²) in [5, 5.41) is 13.6. The number of hydrogen-bond acceptors (Lipinski definition) is 5. The zero-order chi connectivity index (χ0) is 20.8. The van der Waals surface area contributed by atoms with Gasteiger partial charge in [0.25, 0.3) is 5.91 Å². The molecule has 0 radical (unpaired) electrons. The molecule has 152 valence electrons. The van der Waals surface area contributed by atoms with E-state index in [0.717, 1.165) is 32.7 Å². The lowest BCUT2D eigenvalue weighted by molar-refractivity contribution is -0.122. The van der Waals surface area contributed by atoms with Gasteiger partial charge in [-0.05, 0) is 25.5 Å². The van der Waals surface area contributed by atoms with Crippen LogP contribution >= 0.6 is 0 Å². The fourth-order valence-electron chi connectivity index (χ4n) is 2.74. The molecule has 6 heteroatoms. The van der Waals surface area contributed by atoms with Gasteiger partial charge in [0.1, 0.15) is 5.76 Å². The first-order chi connectivity index (χ1) is 13.5. The van der Waals surface area contributed by atoms with Crippen molar-refractivity contribution in [2.75, 3.05) is 39.3 Å². The number of aliphatic hydroxyl groups is 1. The zero-order valence-electron chi connectivity index (χ0n) is 17.0. The predicted molar refractivity (Wildman–Crippen MR) is 117 cm³/mol. The number of carbonyl (C=O) groups excluding carboxylic acids is 1. The van der Waals surface area contributed by atoms with Crippen LogP contribution in [0.3, 0.4) is 0 Å². The van der Waals surface area contributed by atoms with Crippen molar-refractivity contribution in [3.05, 3.63) is 72.6 Å². The smallest absolute Gasteiger partial charge is 0.254 e. The van der Waals surface area contributed by atoms with Crippen molar-refractivity contribution in [2.45, 2.75) is 13.8 Å². The van der Waals surface area contributed by atoms with Gasteiger partial charge in [-0.1, -0.05) is 49.6 Å². The fourth-order valence-corrected chi connectivity index (χ4v) is 2.74. The summed E-state index contributed by atoms with van der Waals surface area (Å²) in [5.41, 5.74) is 4.26. The fraction of sp³-hybridized carbons (Fsp3) is 0.364. The van der Waals surface area contributed by atoms with Crippen molar-refractivity contribution in [1.29, 1.82) is 0 Å². The summed E-state index contributed by atoms with van der Waals surface area (Å²) >= 11 is 0. The normalized spacial score (nSPS) is 18.0. The first-order valence-electron chi connectivity index (χ1n) is 9.43. The summed E-state index contributed by atoms with van der Waals surface area (Å²) in [6.45, 7) is 15.6. The molecule has 1 heterocycles. The molecular weight excluding hydrogens is 352 g/mol. The third-order valence-electron chi connectivity index (χ3n) is 4.29. The quantitative estimate of drug-likeness (QED) is 0.263. The van der Waals surface area contributed by atoms with E-state index in [9.17, 15) is 9.90 Å². The molecule has 1 aliphatic rings. The number of nitrogens with zero attached hydrogens (tertiary/aromatic N) is 3. The Labute approximate surface area is 168 Å². The molecule has 6 nitrogen and oxygen atoms in total. The van der Waals surface area contributed by atoms with Crippen LogP contribution in [0.25, 0.3) is 0 Å². The van der Waals surface area contributed by atoms with Crippen LogP contribution in [0, 0.1) is 0 Å². The van der Waals surface area contributed by atoms with Gasteiger partial charge in [0.2, 0.25) is 0 Å². The molecule has 28 heavy (non-hydrogen) atoms. The lowest BCUT2D eigenvalue weighted by Crippen LogP contribution is -2.49. The van der Waals surface area contributed by atoms with E-state index < -0.39 is 0 Å². The minimum atomic E-state index is -0.165. The summed E-state index contributed by atoms with van der Waals surface area (Å²) < 4.78 is 0. The van der Waals surface area contributed by atoms with E-state index in [0.29, 0.717) is 12.1 Å². The first-order valence-corrected chi connectivity index (χ1v) is 9.43. The van der Waals surface area contributed by atoms with Gasteiger partial charge < -0.3 is 5.11 Å². The second kappa shape index (κ2) is 13.5. The highest BCUT2D eigenvalue weighted by Crippen LogP contribution is 2.07. The number of rotatable bonds is 10. The molecular formula is C22H32N4O2. The highest BCUT2D eigenvalue weighted by Gasteiger charge is 2.19. The molecule has 1 amide bonds. The Bertz CT molecular complexity index is 679. The molecule has 0 aromatic heterocycles. The summed E-state index contributed by atoms with van der Waals surface area (Å²) in [7, 11) is 0. The molecule has 1 fully saturated rings. The van der Waals surface area contributed by atoms with Gasteiger partial charge in [-0.3, -0.25) is 14.6 Å². The Kier molecular flexibility index (Phi) is 11.2. The molecule has 0 unspecified atom stereocenters. The molecule has 0 bridgehead atoms. The standard InChI is InChI=1S/C22H32N4O2/c1-5-9-11-19(10-6-2)17-25-12-14-26(15-13-25)18-22(28)24-23-16-20(7-3)21(27)8-4/h5-11,16,27H,1-2,12-15,17-18H2,3-4H3,(H,24,28)/b11-9-,19-10+,20-7-,21-8+,23-16+. The van der Waals surface area contributed by atoms with Crippen LogP contribution in [0.4, 0.5) is 0 Å². The highest BCUT2D eigenvalue weighted by molar-refractivity contribution is 5.85. The number of aliphatic hydroxyl groups excluding tert-OH is 1. The van der Waals surface area contributed by atoms with E-state index in [1.54, 1.807) is 38.2 Å². The average molecular weight is 385 g/mol. The molecule has 1 rings (SSSR count). The van der Waals surface area contributed by atoms with Crippen molar-refractivity contribution in [3.8, 4) is 0 Å². The van der Waals surface area contributed by atoms with E-state index in [-0.39, 0.29) is 11.7 Å². The minimum absolute atomic E-state index is 0.129. The van der Waals surface area contributed by atoms with E-state index in [1.165, 1.54) is 11.8 Å². The van der Waals surface area contributed by atoms with Gasteiger partial charge in [0.05, 0.1) is 12.8 Å². The molecule has 0 atom stereocenters. The van der Waals surface area contributed by atoms with Gasteiger partial charge >= 0.3 is 0 Å². The summed E-state index contributed by atoms with van der Waals surface area (Å²) in [6.07, 6.45) is 14.3. The maximum absolute atomic E-state index is 12.1. The maximum atomic E-state index is 12.1. The predicted octanol–water partition coefficient (Wildman–Crippen LogP) is 2.97. The number of hydrazone groups is 1. The monoisotopic (exact) mass is 384 g/mol. The molecule has 0 aromatic carbocycles. The SMILES string of the molecule is C=C/C=C\C(=C/C=C)CN1CCN(CC(=O)N/N=C/C(=C/C)C(/O)=C\C)CC1. The number of hydrogen-bond donors (Lipinski definition) is 2. The Hall–Kier alpha value is -2.70. The molecule has 0 spiro atoms. The maximum Gasteiger partial charge on any atom is 0.254 e. The second-order valence-corrected chi connectivity index (χ2v) is 6.34. The average Bonchev–Trinajstić information content (AvgIpc) is 2.70. The number of allylic oxidation sites excluding steroid dienone is 7. The van der Waals surface area contributed by atoms with Crippen LogP contribution in [0.15, 0.2) is 77.7 Å². The summed E-state index contributed by atoms with van der Waals surface area (Å²) in [5.74, 6) is -0.0364. The Morgan fingerprint density at radius 2 is 1.71 bits per heavy atom. The van der Waals surface area contributed by atoms with Crippen LogP contribution in [-0.2, 0) is 4.79 Å². The van der Waals surface area contributed by atoms with Crippen molar-refractivity contribution in [3.63, 3.8) is 0 Å². The van der Waals surface area contributed by atoms with Crippen LogP contribution in [-0.4, -0.2) is 66.3 Å². The zero-order valence-corrected chi connectivity index (χ0v) is 17.0. The number of carbonyl (C=O) groups is 1. The molecule has 1 saturated heterocycles. The van der Waals surface area contributed by atoms with Crippen LogP contribution in [0.5, 0.6) is 0 Å². The van der Waals surface area contributed by atoms with Crippen LogP contribution in [0.1, 0.15) is 13.8 Å². The van der Waals surface area contributed by atoms with Gasteiger partial charge in [-0.15, -0.1) is 0 Å². The van der Waals surface area contributed by atoms with Gasteiger partial charge in [0.15, 0.2) is 0 Å². The van der Waals surface area contributed by atoms with E-state index >= 15 is 0 Å². The van der Waals surface area contributed by atoms with Gasteiger partial charge in [-0.2, -0.15) is 5.10 Å². The van der Waals surface area contributed by atoms with Crippen LogP contribution in [0.2, 0.25) is 0 Å². The Morgan fingerprint density at radius 3 is 2.25 bits per heavy atom. The van der Waals surface area contributed by atoms with E-state index in [2.05, 4.69) is 33.5 Å². The summed E-state index contributed by atoms with van der Waals surface area (Å²) in [6, 6.07) is 0. The lowest BCUT2D eigenvalue weighted by atomic mass is 10.2.